The lowest BCUT2D eigenvalue weighted by Crippen LogP contribution is -2.41. The van der Waals surface area contributed by atoms with Gasteiger partial charge in [0, 0.05) is 11.6 Å². The average molecular weight is 387 g/mol. The molecular formula is C22H27ClN2O2. The number of ether oxygens (including phenoxy) is 1. The number of nitrogens with two attached hydrogens (primary N) is 1. The van der Waals surface area contributed by atoms with E-state index in [1.54, 1.807) is 6.07 Å². The Balaban J connectivity index is 0.00000210. The molecule has 1 saturated heterocycles. The number of carbonyl (C=O) groups excluding carboxylic acids is 1. The van der Waals surface area contributed by atoms with E-state index in [-0.39, 0.29) is 18.3 Å². The van der Waals surface area contributed by atoms with E-state index in [1.807, 2.05) is 18.2 Å². The van der Waals surface area contributed by atoms with Crippen LogP contribution in [0.25, 0.3) is 0 Å². The quantitative estimate of drug-likeness (QED) is 0.856. The molecule has 1 atom stereocenters. The maximum absolute atomic E-state index is 11.3. The van der Waals surface area contributed by atoms with Gasteiger partial charge in [-0.25, -0.2) is 0 Å². The molecule has 0 radical (unpaired) electrons. The molecule has 0 spiro atoms. The molecule has 1 unspecified atom stereocenters. The van der Waals surface area contributed by atoms with E-state index in [9.17, 15) is 4.79 Å². The first-order chi connectivity index (χ1) is 12.7. The van der Waals surface area contributed by atoms with E-state index >= 15 is 0 Å². The van der Waals surface area contributed by atoms with E-state index in [0.29, 0.717) is 11.6 Å². The second kappa shape index (κ2) is 8.77. The first kappa shape index (κ1) is 19.7. The van der Waals surface area contributed by atoms with E-state index in [0.717, 1.165) is 37.2 Å². The molecule has 1 amide bonds. The number of benzene rings is 2. The average Bonchev–Trinajstić information content (AvgIpc) is 3.21. The zero-order chi connectivity index (χ0) is 17.9. The molecule has 2 aromatic rings. The number of aryl methyl sites for hydroxylation is 2. The zero-order valence-corrected chi connectivity index (χ0v) is 16.3. The second-order valence-corrected chi connectivity index (χ2v) is 7.42. The maximum Gasteiger partial charge on any atom is 0.248 e. The standard InChI is InChI=1S/C22H26N2O2.ClH/c23-22(25)19-5-3-4-16(12-19)6-7-17-8-9-18-14-20(15-26-21(18)13-17)24-10-1-2-11-24;/h3-5,8-9,12-13,20H,1-2,6-7,10-11,14-15H2,(H2,23,25);1H. The number of primary amides is 1. The minimum Gasteiger partial charge on any atom is -0.492 e. The molecule has 2 N–H and O–H groups in total. The zero-order valence-electron chi connectivity index (χ0n) is 15.5. The largest absolute Gasteiger partial charge is 0.492 e. The molecule has 144 valence electrons. The number of hydrogen-bond donors (Lipinski definition) is 1. The van der Waals surface area contributed by atoms with Gasteiger partial charge in [0.05, 0.1) is 0 Å². The van der Waals surface area contributed by atoms with Crippen molar-refractivity contribution in [3.63, 3.8) is 0 Å². The van der Waals surface area contributed by atoms with Crippen LogP contribution in [0.15, 0.2) is 42.5 Å². The van der Waals surface area contributed by atoms with Crippen molar-refractivity contribution in [2.45, 2.75) is 38.1 Å². The number of likely N-dealkylation sites (tertiary alicyclic amines) is 1. The first-order valence-corrected chi connectivity index (χ1v) is 9.56. The monoisotopic (exact) mass is 386 g/mol. The summed E-state index contributed by atoms with van der Waals surface area (Å²) in [6, 6.07) is 14.7. The highest BCUT2D eigenvalue weighted by atomic mass is 35.5. The van der Waals surface area contributed by atoms with Crippen molar-refractivity contribution in [3.8, 4) is 5.75 Å². The number of amides is 1. The van der Waals surface area contributed by atoms with E-state index in [2.05, 4.69) is 23.1 Å². The lowest BCUT2D eigenvalue weighted by molar-refractivity contribution is 0.1000. The summed E-state index contributed by atoms with van der Waals surface area (Å²) in [5.41, 5.74) is 9.67. The number of nitrogens with zero attached hydrogens (tertiary/aromatic N) is 1. The summed E-state index contributed by atoms with van der Waals surface area (Å²) < 4.78 is 6.09. The number of halogens is 1. The van der Waals surface area contributed by atoms with Gasteiger partial charge in [-0.15, -0.1) is 12.4 Å². The summed E-state index contributed by atoms with van der Waals surface area (Å²) in [6.07, 6.45) is 5.54. The molecule has 4 rings (SSSR count). The Morgan fingerprint density at radius 3 is 2.56 bits per heavy atom. The van der Waals surface area contributed by atoms with Crippen LogP contribution >= 0.6 is 12.4 Å². The van der Waals surface area contributed by atoms with Crippen molar-refractivity contribution in [1.82, 2.24) is 4.90 Å². The summed E-state index contributed by atoms with van der Waals surface area (Å²) in [5, 5.41) is 0. The Bertz CT molecular complexity index is 803. The summed E-state index contributed by atoms with van der Waals surface area (Å²) in [4.78, 5) is 13.9. The fraction of sp³-hybridized carbons (Fsp3) is 0.409. The molecule has 0 bridgehead atoms. The van der Waals surface area contributed by atoms with Gasteiger partial charge in [-0.2, -0.15) is 0 Å². The van der Waals surface area contributed by atoms with Crippen LogP contribution in [0, 0.1) is 0 Å². The van der Waals surface area contributed by atoms with Crippen molar-refractivity contribution >= 4 is 18.3 Å². The molecule has 27 heavy (non-hydrogen) atoms. The minimum absolute atomic E-state index is 0. The fourth-order valence-corrected chi connectivity index (χ4v) is 4.07. The molecule has 2 aliphatic rings. The van der Waals surface area contributed by atoms with Gasteiger partial charge in [0.2, 0.25) is 5.91 Å². The summed E-state index contributed by atoms with van der Waals surface area (Å²) >= 11 is 0. The Morgan fingerprint density at radius 2 is 1.81 bits per heavy atom. The highest BCUT2D eigenvalue weighted by molar-refractivity contribution is 5.92. The SMILES string of the molecule is Cl.NC(=O)c1cccc(CCc2ccc3c(c2)OCC(N2CCCC2)C3)c1. The van der Waals surface area contributed by atoms with E-state index in [1.165, 1.54) is 37.1 Å². The molecule has 4 nitrogen and oxygen atoms in total. The number of hydrogen-bond acceptors (Lipinski definition) is 3. The van der Waals surface area contributed by atoms with Gasteiger partial charge in [-0.05, 0) is 80.1 Å². The van der Waals surface area contributed by atoms with Crippen LogP contribution in [-0.2, 0) is 19.3 Å². The number of fused-ring (bicyclic) bond motifs is 1. The number of carbonyl (C=O) groups is 1. The van der Waals surface area contributed by atoms with Crippen LogP contribution in [0.1, 0.15) is 39.9 Å². The third-order valence-electron chi connectivity index (χ3n) is 5.59. The maximum atomic E-state index is 11.3. The van der Waals surface area contributed by atoms with Gasteiger partial charge in [-0.1, -0.05) is 24.3 Å². The first-order valence-electron chi connectivity index (χ1n) is 9.56. The number of rotatable bonds is 5. The highest BCUT2D eigenvalue weighted by Crippen LogP contribution is 2.29. The normalized spacial score (nSPS) is 19.0. The van der Waals surface area contributed by atoms with Crippen molar-refractivity contribution in [1.29, 1.82) is 0 Å². The second-order valence-electron chi connectivity index (χ2n) is 7.42. The van der Waals surface area contributed by atoms with Crippen LogP contribution < -0.4 is 10.5 Å². The van der Waals surface area contributed by atoms with E-state index in [4.69, 9.17) is 10.5 Å². The van der Waals surface area contributed by atoms with Crippen molar-refractivity contribution < 1.29 is 9.53 Å². The van der Waals surface area contributed by atoms with Crippen molar-refractivity contribution in [2.24, 2.45) is 5.73 Å². The molecule has 1 fully saturated rings. The summed E-state index contributed by atoms with van der Waals surface area (Å²) in [7, 11) is 0. The smallest absolute Gasteiger partial charge is 0.248 e. The lowest BCUT2D eigenvalue weighted by Gasteiger charge is -2.32. The van der Waals surface area contributed by atoms with E-state index < -0.39 is 0 Å². The van der Waals surface area contributed by atoms with Crippen molar-refractivity contribution in [2.75, 3.05) is 19.7 Å². The van der Waals surface area contributed by atoms with Gasteiger partial charge >= 0.3 is 0 Å². The minimum atomic E-state index is -0.374. The Morgan fingerprint density at radius 1 is 1.07 bits per heavy atom. The third kappa shape index (κ3) is 4.63. The van der Waals surface area contributed by atoms with Gasteiger partial charge < -0.3 is 10.5 Å². The van der Waals surface area contributed by atoms with Crippen LogP contribution in [0.3, 0.4) is 0 Å². The Hall–Kier alpha value is -2.04. The fourth-order valence-electron chi connectivity index (χ4n) is 4.07. The van der Waals surface area contributed by atoms with Gasteiger partial charge in [0.25, 0.3) is 0 Å². The molecule has 0 aliphatic carbocycles. The van der Waals surface area contributed by atoms with Gasteiger partial charge in [0.15, 0.2) is 0 Å². The molecule has 5 heteroatoms. The molecule has 0 saturated carbocycles. The molecular weight excluding hydrogens is 360 g/mol. The summed E-state index contributed by atoms with van der Waals surface area (Å²) in [5.74, 6) is 0.672. The molecule has 2 aliphatic heterocycles. The Labute approximate surface area is 167 Å². The van der Waals surface area contributed by atoms with Gasteiger partial charge in [0.1, 0.15) is 12.4 Å². The van der Waals surface area contributed by atoms with Crippen LogP contribution in [-0.4, -0.2) is 36.5 Å². The van der Waals surface area contributed by atoms with Crippen molar-refractivity contribution in [3.05, 3.63) is 64.7 Å². The Kier molecular flexibility index (Phi) is 6.40. The predicted octanol–water partition coefficient (Wildman–Crippen LogP) is 3.39. The predicted molar refractivity (Wildman–Crippen MR) is 110 cm³/mol. The molecule has 2 aromatic carbocycles. The third-order valence-corrected chi connectivity index (χ3v) is 5.59. The summed E-state index contributed by atoms with van der Waals surface area (Å²) in [6.45, 7) is 3.23. The van der Waals surface area contributed by atoms with Crippen LogP contribution in [0.4, 0.5) is 0 Å². The topological polar surface area (TPSA) is 55.6 Å². The van der Waals surface area contributed by atoms with Gasteiger partial charge in [-0.3, -0.25) is 9.69 Å². The van der Waals surface area contributed by atoms with Crippen LogP contribution in [0.5, 0.6) is 5.75 Å². The molecule has 0 aromatic heterocycles. The van der Waals surface area contributed by atoms with Crippen LogP contribution in [0.2, 0.25) is 0 Å². The molecule has 2 heterocycles. The lowest BCUT2D eigenvalue weighted by atomic mass is 9.97. The highest BCUT2D eigenvalue weighted by Gasteiger charge is 2.27.